The molecule has 0 amide bonds. The van der Waals surface area contributed by atoms with Crippen LogP contribution < -0.4 is 5.32 Å². The van der Waals surface area contributed by atoms with Crippen LogP contribution in [0.15, 0.2) is 36.9 Å². The Morgan fingerprint density at radius 1 is 1.18 bits per heavy atom. The van der Waals surface area contributed by atoms with Gasteiger partial charge in [-0.1, -0.05) is 0 Å². The normalized spacial score (nSPS) is 12.1. The van der Waals surface area contributed by atoms with Gasteiger partial charge in [-0.15, -0.1) is 0 Å². The average molecular weight is 231 g/mol. The van der Waals surface area contributed by atoms with Gasteiger partial charge < -0.3 is 15.5 Å². The van der Waals surface area contributed by atoms with Gasteiger partial charge in [0.05, 0.1) is 24.1 Å². The first kappa shape index (κ1) is 11.2. The fraction of sp³-hybridized carbons (Fsp3) is 0.167. The van der Waals surface area contributed by atoms with Gasteiger partial charge in [-0.2, -0.15) is 0 Å². The molecule has 1 atom stereocenters. The van der Waals surface area contributed by atoms with Crippen LogP contribution in [-0.2, 0) is 0 Å². The van der Waals surface area contributed by atoms with Crippen LogP contribution in [0.1, 0.15) is 18.5 Å². The SMILES string of the molecule is CC(Nc1cncnc1)c1cc(O)ccc1O. The summed E-state index contributed by atoms with van der Waals surface area (Å²) in [5.41, 5.74) is 1.37. The van der Waals surface area contributed by atoms with Gasteiger partial charge in [0.1, 0.15) is 17.8 Å². The van der Waals surface area contributed by atoms with Gasteiger partial charge in [-0.25, -0.2) is 9.97 Å². The van der Waals surface area contributed by atoms with E-state index in [2.05, 4.69) is 15.3 Å². The molecule has 1 aromatic carbocycles. The Balaban J connectivity index is 2.20. The van der Waals surface area contributed by atoms with E-state index in [1.807, 2.05) is 6.92 Å². The number of aromatic hydroxyl groups is 2. The average Bonchev–Trinajstić information content (AvgIpc) is 2.33. The monoisotopic (exact) mass is 231 g/mol. The summed E-state index contributed by atoms with van der Waals surface area (Å²) >= 11 is 0. The lowest BCUT2D eigenvalue weighted by molar-refractivity contribution is 0.451. The number of anilines is 1. The van der Waals surface area contributed by atoms with Gasteiger partial charge in [-0.3, -0.25) is 0 Å². The molecule has 0 aliphatic carbocycles. The smallest absolute Gasteiger partial charge is 0.121 e. The highest BCUT2D eigenvalue weighted by Gasteiger charge is 2.11. The zero-order chi connectivity index (χ0) is 12.3. The van der Waals surface area contributed by atoms with E-state index in [1.165, 1.54) is 24.5 Å². The topological polar surface area (TPSA) is 78.3 Å². The number of rotatable bonds is 3. The molecule has 1 aromatic heterocycles. The molecule has 0 saturated heterocycles. The third kappa shape index (κ3) is 2.63. The molecule has 17 heavy (non-hydrogen) atoms. The Morgan fingerprint density at radius 3 is 2.59 bits per heavy atom. The molecule has 3 N–H and O–H groups in total. The lowest BCUT2D eigenvalue weighted by Crippen LogP contribution is -2.07. The molecule has 5 heteroatoms. The molecule has 0 aliphatic heterocycles. The van der Waals surface area contributed by atoms with E-state index in [9.17, 15) is 10.2 Å². The van der Waals surface area contributed by atoms with Crippen molar-refractivity contribution >= 4 is 5.69 Å². The zero-order valence-corrected chi connectivity index (χ0v) is 9.33. The molecule has 0 bridgehead atoms. The third-order valence-electron chi connectivity index (χ3n) is 2.42. The molecular weight excluding hydrogens is 218 g/mol. The number of phenolic OH excluding ortho intramolecular Hbond substituents is 2. The number of hydrogen-bond donors (Lipinski definition) is 3. The summed E-state index contributed by atoms with van der Waals surface area (Å²) in [6.07, 6.45) is 4.73. The summed E-state index contributed by atoms with van der Waals surface area (Å²) in [7, 11) is 0. The highest BCUT2D eigenvalue weighted by molar-refractivity contribution is 5.46. The minimum Gasteiger partial charge on any atom is -0.508 e. The van der Waals surface area contributed by atoms with Crippen molar-refractivity contribution in [2.75, 3.05) is 5.32 Å². The Morgan fingerprint density at radius 2 is 1.88 bits per heavy atom. The fourth-order valence-electron chi connectivity index (χ4n) is 1.59. The highest BCUT2D eigenvalue weighted by Crippen LogP contribution is 2.29. The van der Waals surface area contributed by atoms with Crippen molar-refractivity contribution in [3.63, 3.8) is 0 Å². The molecule has 0 saturated carbocycles. The molecule has 88 valence electrons. The number of benzene rings is 1. The van der Waals surface area contributed by atoms with Crippen molar-refractivity contribution in [3.8, 4) is 11.5 Å². The maximum atomic E-state index is 9.70. The fourth-order valence-corrected chi connectivity index (χ4v) is 1.59. The van der Waals surface area contributed by atoms with Crippen LogP contribution >= 0.6 is 0 Å². The summed E-state index contributed by atoms with van der Waals surface area (Å²) in [4.78, 5) is 7.77. The Hall–Kier alpha value is -2.30. The van der Waals surface area contributed by atoms with Crippen LogP contribution in [0, 0.1) is 0 Å². The summed E-state index contributed by atoms with van der Waals surface area (Å²) in [5.74, 6) is 0.260. The van der Waals surface area contributed by atoms with E-state index in [0.717, 1.165) is 5.69 Å². The second-order valence-electron chi connectivity index (χ2n) is 3.74. The first-order chi connectivity index (χ1) is 8.16. The van der Waals surface area contributed by atoms with E-state index in [0.29, 0.717) is 5.56 Å². The molecule has 0 fully saturated rings. The molecule has 0 spiro atoms. The molecule has 2 rings (SSSR count). The number of phenols is 2. The Bertz CT molecular complexity index is 502. The summed E-state index contributed by atoms with van der Waals surface area (Å²) in [6, 6.07) is 4.27. The van der Waals surface area contributed by atoms with E-state index in [-0.39, 0.29) is 17.5 Å². The first-order valence-corrected chi connectivity index (χ1v) is 5.20. The molecular formula is C12H13N3O2. The van der Waals surface area contributed by atoms with Crippen LogP contribution in [0.25, 0.3) is 0 Å². The van der Waals surface area contributed by atoms with Crippen LogP contribution in [-0.4, -0.2) is 20.2 Å². The van der Waals surface area contributed by atoms with Crippen LogP contribution in [0.5, 0.6) is 11.5 Å². The van der Waals surface area contributed by atoms with Crippen LogP contribution in [0.3, 0.4) is 0 Å². The predicted molar refractivity (Wildman–Crippen MR) is 63.8 cm³/mol. The van der Waals surface area contributed by atoms with E-state index in [4.69, 9.17) is 0 Å². The van der Waals surface area contributed by atoms with Crippen molar-refractivity contribution in [2.24, 2.45) is 0 Å². The van der Waals surface area contributed by atoms with Gasteiger partial charge in [-0.05, 0) is 25.1 Å². The second-order valence-corrected chi connectivity index (χ2v) is 3.74. The predicted octanol–water partition coefficient (Wildman–Crippen LogP) is 2.06. The lowest BCUT2D eigenvalue weighted by atomic mass is 10.1. The second kappa shape index (κ2) is 4.69. The van der Waals surface area contributed by atoms with Gasteiger partial charge >= 0.3 is 0 Å². The summed E-state index contributed by atoms with van der Waals surface area (Å²) in [6.45, 7) is 1.88. The largest absolute Gasteiger partial charge is 0.508 e. The minimum absolute atomic E-state index is 0.121. The molecule has 0 radical (unpaired) electrons. The minimum atomic E-state index is -0.159. The third-order valence-corrected chi connectivity index (χ3v) is 2.42. The van der Waals surface area contributed by atoms with Gasteiger partial charge in [0.15, 0.2) is 0 Å². The standard InChI is InChI=1S/C12H13N3O2/c1-8(15-9-5-13-7-14-6-9)11-4-10(16)2-3-12(11)17/h2-8,15-17H,1H3. The maximum Gasteiger partial charge on any atom is 0.121 e. The molecule has 5 nitrogen and oxygen atoms in total. The number of nitrogens with one attached hydrogen (secondary N) is 1. The maximum absolute atomic E-state index is 9.70. The lowest BCUT2D eigenvalue weighted by Gasteiger charge is -2.16. The highest BCUT2D eigenvalue weighted by atomic mass is 16.3. The number of aromatic nitrogens is 2. The number of nitrogens with zero attached hydrogens (tertiary/aromatic N) is 2. The first-order valence-electron chi connectivity index (χ1n) is 5.20. The van der Waals surface area contributed by atoms with Crippen LogP contribution in [0.2, 0.25) is 0 Å². The van der Waals surface area contributed by atoms with E-state index < -0.39 is 0 Å². The van der Waals surface area contributed by atoms with E-state index in [1.54, 1.807) is 12.4 Å². The molecule has 1 unspecified atom stereocenters. The van der Waals surface area contributed by atoms with Gasteiger partial charge in [0.2, 0.25) is 0 Å². The summed E-state index contributed by atoms with van der Waals surface area (Å²) < 4.78 is 0. The number of hydrogen-bond acceptors (Lipinski definition) is 5. The Labute approximate surface area is 98.8 Å². The Kier molecular flexibility index (Phi) is 3.09. The van der Waals surface area contributed by atoms with Crippen molar-refractivity contribution < 1.29 is 10.2 Å². The zero-order valence-electron chi connectivity index (χ0n) is 9.33. The van der Waals surface area contributed by atoms with Gasteiger partial charge in [0.25, 0.3) is 0 Å². The van der Waals surface area contributed by atoms with E-state index >= 15 is 0 Å². The summed E-state index contributed by atoms with van der Waals surface area (Å²) in [5, 5.41) is 22.2. The molecule has 2 aromatic rings. The van der Waals surface area contributed by atoms with Crippen molar-refractivity contribution in [1.82, 2.24) is 9.97 Å². The molecule has 1 heterocycles. The van der Waals surface area contributed by atoms with Crippen LogP contribution in [0.4, 0.5) is 5.69 Å². The van der Waals surface area contributed by atoms with Crippen molar-refractivity contribution in [1.29, 1.82) is 0 Å². The molecule has 0 aliphatic rings. The van der Waals surface area contributed by atoms with Crippen molar-refractivity contribution in [2.45, 2.75) is 13.0 Å². The van der Waals surface area contributed by atoms with Gasteiger partial charge in [0, 0.05) is 5.56 Å². The van der Waals surface area contributed by atoms with Crippen molar-refractivity contribution in [3.05, 3.63) is 42.5 Å². The quantitative estimate of drug-likeness (QED) is 0.705.